The van der Waals surface area contributed by atoms with E-state index in [4.69, 9.17) is 10.8 Å². The van der Waals surface area contributed by atoms with Crippen LogP contribution in [0, 0.1) is 0 Å². The Kier molecular flexibility index (Phi) is 5.84. The van der Waals surface area contributed by atoms with Crippen molar-refractivity contribution in [2.75, 3.05) is 38.2 Å². The third-order valence-electron chi connectivity index (χ3n) is 4.77. The number of piperidine rings is 1. The lowest BCUT2D eigenvalue weighted by Crippen LogP contribution is -2.33. The molecule has 2 aromatic rings. The van der Waals surface area contributed by atoms with Gasteiger partial charge in [0.1, 0.15) is 17.3 Å². The number of primary amides is 1. The molecule has 1 fully saturated rings. The average Bonchev–Trinajstić information content (AvgIpc) is 3.24. The average molecular weight is 379 g/mol. The number of hydrogen-bond donors (Lipinski definition) is 2. The van der Waals surface area contributed by atoms with Crippen molar-refractivity contribution in [3.8, 4) is 0 Å². The SMILES string of the molecule is CN(CCO)Cc1nnc(C2CCN(c3nc(C(N)=O)cs3)CC2)n1C. The van der Waals surface area contributed by atoms with Crippen molar-refractivity contribution in [2.45, 2.75) is 25.3 Å². The summed E-state index contributed by atoms with van der Waals surface area (Å²) < 4.78 is 2.07. The molecule has 142 valence electrons. The summed E-state index contributed by atoms with van der Waals surface area (Å²) >= 11 is 1.46. The molecule has 0 aliphatic carbocycles. The van der Waals surface area contributed by atoms with Gasteiger partial charge >= 0.3 is 0 Å². The molecule has 3 N–H and O–H groups in total. The van der Waals surface area contributed by atoms with E-state index >= 15 is 0 Å². The molecular formula is C16H25N7O2S. The zero-order valence-electron chi connectivity index (χ0n) is 15.1. The van der Waals surface area contributed by atoms with E-state index in [2.05, 4.69) is 24.6 Å². The second-order valence-corrected chi connectivity index (χ2v) is 7.47. The van der Waals surface area contributed by atoms with Crippen LogP contribution >= 0.6 is 11.3 Å². The molecule has 10 heteroatoms. The van der Waals surface area contributed by atoms with Gasteiger partial charge in [-0.05, 0) is 19.9 Å². The zero-order chi connectivity index (χ0) is 18.7. The number of amides is 1. The highest BCUT2D eigenvalue weighted by Gasteiger charge is 2.26. The molecule has 1 saturated heterocycles. The van der Waals surface area contributed by atoms with Gasteiger partial charge in [-0.3, -0.25) is 9.69 Å². The maximum Gasteiger partial charge on any atom is 0.268 e. The molecule has 1 aliphatic heterocycles. The molecule has 0 atom stereocenters. The van der Waals surface area contributed by atoms with Gasteiger partial charge in [0.15, 0.2) is 5.13 Å². The largest absolute Gasteiger partial charge is 0.395 e. The van der Waals surface area contributed by atoms with Gasteiger partial charge in [0.05, 0.1) is 13.2 Å². The lowest BCUT2D eigenvalue weighted by Gasteiger charge is -2.31. The van der Waals surface area contributed by atoms with E-state index < -0.39 is 5.91 Å². The molecule has 2 aromatic heterocycles. The minimum atomic E-state index is -0.486. The van der Waals surface area contributed by atoms with Crippen molar-refractivity contribution in [1.82, 2.24) is 24.6 Å². The Morgan fingerprint density at radius 3 is 2.77 bits per heavy atom. The number of carbonyl (C=O) groups excluding carboxylic acids is 1. The van der Waals surface area contributed by atoms with Crippen molar-refractivity contribution in [2.24, 2.45) is 12.8 Å². The molecular weight excluding hydrogens is 354 g/mol. The van der Waals surface area contributed by atoms with Gasteiger partial charge in [-0.25, -0.2) is 4.98 Å². The number of nitrogens with zero attached hydrogens (tertiary/aromatic N) is 6. The molecule has 3 rings (SSSR count). The third-order valence-corrected chi connectivity index (χ3v) is 5.67. The summed E-state index contributed by atoms with van der Waals surface area (Å²) in [5.74, 6) is 1.79. The first-order valence-corrected chi connectivity index (χ1v) is 9.55. The van der Waals surface area contributed by atoms with Crippen LogP contribution in [0.5, 0.6) is 0 Å². The summed E-state index contributed by atoms with van der Waals surface area (Å²) in [6.07, 6.45) is 1.92. The maximum absolute atomic E-state index is 11.2. The molecule has 1 aliphatic rings. The quantitative estimate of drug-likeness (QED) is 0.705. The first-order chi connectivity index (χ1) is 12.5. The Balaban J connectivity index is 1.61. The molecule has 9 nitrogen and oxygen atoms in total. The Labute approximate surface area is 156 Å². The van der Waals surface area contributed by atoms with E-state index in [1.165, 1.54) is 11.3 Å². The smallest absolute Gasteiger partial charge is 0.268 e. The Morgan fingerprint density at radius 1 is 1.42 bits per heavy atom. The first-order valence-electron chi connectivity index (χ1n) is 8.67. The number of carbonyl (C=O) groups is 1. The normalized spacial score (nSPS) is 15.8. The van der Waals surface area contributed by atoms with E-state index in [1.54, 1.807) is 5.38 Å². The lowest BCUT2D eigenvalue weighted by molar-refractivity contribution is 0.0996. The topological polar surface area (TPSA) is 113 Å². The third kappa shape index (κ3) is 4.02. The molecule has 0 radical (unpaired) electrons. The number of hydrogen-bond acceptors (Lipinski definition) is 8. The van der Waals surface area contributed by atoms with Gasteiger partial charge < -0.3 is 20.3 Å². The summed E-state index contributed by atoms with van der Waals surface area (Å²) in [5.41, 5.74) is 5.61. The van der Waals surface area contributed by atoms with Crippen molar-refractivity contribution in [1.29, 1.82) is 0 Å². The van der Waals surface area contributed by atoms with E-state index in [9.17, 15) is 4.79 Å². The molecule has 0 bridgehead atoms. The minimum absolute atomic E-state index is 0.133. The van der Waals surface area contributed by atoms with Crippen LogP contribution in [-0.4, -0.2) is 69.0 Å². The van der Waals surface area contributed by atoms with Crippen LogP contribution in [0.25, 0.3) is 0 Å². The standard InChI is InChI=1S/C16H25N7O2S/c1-21(7-8-24)9-13-19-20-15(22(13)2)11-3-5-23(6-4-11)16-18-12(10-26-16)14(17)25/h10-11,24H,3-9H2,1-2H3,(H2,17,25). The van der Waals surface area contributed by atoms with E-state index in [-0.39, 0.29) is 6.61 Å². The predicted molar refractivity (Wildman–Crippen MR) is 99.2 cm³/mol. The number of aromatic nitrogens is 4. The molecule has 1 amide bonds. The summed E-state index contributed by atoms with van der Waals surface area (Å²) in [5, 5.41) is 20.3. The predicted octanol–water partition coefficient (Wildman–Crippen LogP) is 0.179. The first kappa shape index (κ1) is 18.7. The number of thiazole rings is 1. The summed E-state index contributed by atoms with van der Waals surface area (Å²) in [6.45, 7) is 3.14. The van der Waals surface area contributed by atoms with Crippen LogP contribution < -0.4 is 10.6 Å². The Morgan fingerprint density at radius 2 is 2.15 bits per heavy atom. The van der Waals surface area contributed by atoms with Gasteiger partial charge in [0.2, 0.25) is 0 Å². The monoisotopic (exact) mass is 379 g/mol. The molecule has 3 heterocycles. The van der Waals surface area contributed by atoms with Crippen LogP contribution in [0.15, 0.2) is 5.38 Å². The summed E-state index contributed by atoms with van der Waals surface area (Å²) in [6, 6.07) is 0. The molecule has 0 spiro atoms. The van der Waals surface area contributed by atoms with Gasteiger partial charge in [-0.15, -0.1) is 21.5 Å². The zero-order valence-corrected chi connectivity index (χ0v) is 15.9. The van der Waals surface area contributed by atoms with Crippen LogP contribution in [0.2, 0.25) is 0 Å². The van der Waals surface area contributed by atoms with Crippen molar-refractivity contribution >= 4 is 22.4 Å². The fourth-order valence-corrected chi connectivity index (χ4v) is 4.08. The fraction of sp³-hybridized carbons (Fsp3) is 0.625. The van der Waals surface area contributed by atoms with E-state index in [1.807, 2.05) is 19.0 Å². The summed E-state index contributed by atoms with van der Waals surface area (Å²) in [7, 11) is 3.96. The van der Waals surface area contributed by atoms with Gasteiger partial charge in [0, 0.05) is 38.0 Å². The number of anilines is 1. The van der Waals surface area contributed by atoms with Crippen molar-refractivity contribution in [3.05, 3.63) is 22.7 Å². The second kappa shape index (κ2) is 8.11. The Bertz CT molecular complexity index is 752. The lowest BCUT2D eigenvalue weighted by atomic mass is 9.96. The molecule has 26 heavy (non-hydrogen) atoms. The van der Waals surface area contributed by atoms with Crippen LogP contribution in [0.4, 0.5) is 5.13 Å². The minimum Gasteiger partial charge on any atom is -0.395 e. The number of rotatable bonds is 7. The highest BCUT2D eigenvalue weighted by atomic mass is 32.1. The van der Waals surface area contributed by atoms with Crippen LogP contribution in [0.3, 0.4) is 0 Å². The number of aliphatic hydroxyl groups excluding tert-OH is 1. The summed E-state index contributed by atoms with van der Waals surface area (Å²) in [4.78, 5) is 19.7. The highest BCUT2D eigenvalue weighted by molar-refractivity contribution is 7.13. The van der Waals surface area contributed by atoms with Crippen LogP contribution in [-0.2, 0) is 13.6 Å². The molecule has 0 saturated carbocycles. The number of likely N-dealkylation sites (N-methyl/N-ethyl adjacent to an activating group) is 1. The maximum atomic E-state index is 11.2. The fourth-order valence-electron chi connectivity index (χ4n) is 3.21. The van der Waals surface area contributed by atoms with Crippen LogP contribution in [0.1, 0.15) is 40.9 Å². The van der Waals surface area contributed by atoms with Crippen molar-refractivity contribution < 1.29 is 9.90 Å². The Hall–Kier alpha value is -2.04. The second-order valence-electron chi connectivity index (χ2n) is 6.64. The van der Waals surface area contributed by atoms with E-state index in [0.717, 1.165) is 42.7 Å². The highest BCUT2D eigenvalue weighted by Crippen LogP contribution is 2.31. The van der Waals surface area contributed by atoms with Crippen molar-refractivity contribution in [3.63, 3.8) is 0 Å². The number of aliphatic hydroxyl groups is 1. The van der Waals surface area contributed by atoms with Gasteiger partial charge in [-0.1, -0.05) is 0 Å². The molecule has 0 unspecified atom stereocenters. The van der Waals surface area contributed by atoms with Gasteiger partial charge in [0.25, 0.3) is 5.91 Å². The van der Waals surface area contributed by atoms with E-state index in [0.29, 0.717) is 24.7 Å². The number of nitrogens with two attached hydrogens (primary N) is 1. The van der Waals surface area contributed by atoms with Gasteiger partial charge in [-0.2, -0.15) is 0 Å². The molecule has 0 aromatic carbocycles.